The minimum absolute atomic E-state index is 0.0480. The summed E-state index contributed by atoms with van der Waals surface area (Å²) in [6.45, 7) is 6.45. The lowest BCUT2D eigenvalue weighted by atomic mass is 10.0. The molecule has 1 amide bonds. The average molecular weight is 911 g/mol. The third kappa shape index (κ3) is 47.8. The Labute approximate surface area is 403 Å². The van der Waals surface area contributed by atoms with Gasteiger partial charge in [-0.3, -0.25) is 9.59 Å². The number of carbonyl (C=O) groups excluding carboxylic acids is 2. The van der Waals surface area contributed by atoms with E-state index in [4.69, 9.17) is 4.74 Å². The van der Waals surface area contributed by atoms with Gasteiger partial charge >= 0.3 is 5.97 Å². The van der Waals surface area contributed by atoms with Crippen LogP contribution in [0.25, 0.3) is 0 Å². The highest BCUT2D eigenvalue weighted by Gasteiger charge is 2.24. The predicted molar refractivity (Wildman–Crippen MR) is 282 cm³/mol. The van der Waals surface area contributed by atoms with Gasteiger partial charge in [0.05, 0.1) is 25.2 Å². The zero-order valence-corrected chi connectivity index (χ0v) is 43.1. The summed E-state index contributed by atoms with van der Waals surface area (Å²) in [4.78, 5) is 26.2. The predicted octanol–water partition coefficient (Wildman–Crippen LogP) is 17.2. The standard InChI is InChI=1S/C59H107NO5/c1-4-7-10-13-16-19-22-25-27-29-30-32-34-37-40-43-46-49-52-59(64)65-55(50-47-44-41-38-35-33-31-28-26-23-20-17-14-11-8-5-2)53-58(63)60-56(54-61)57(62)51-48-45-42-39-36-24-21-18-15-12-9-6-3/h17,20,23,26,28,30-33,35,55-57,61-62H,4-16,18-19,21-22,24-25,27,29,34,36-54H2,1-3H3,(H,60,63)/b20-17+,26-23+,31-28+,32-30+,35-33+. The van der Waals surface area contributed by atoms with Gasteiger partial charge in [0, 0.05) is 6.42 Å². The molecule has 0 aromatic heterocycles. The van der Waals surface area contributed by atoms with E-state index in [0.29, 0.717) is 19.3 Å². The van der Waals surface area contributed by atoms with Crippen molar-refractivity contribution in [1.29, 1.82) is 0 Å². The topological polar surface area (TPSA) is 95.9 Å². The maximum Gasteiger partial charge on any atom is 0.306 e. The molecule has 378 valence electrons. The average Bonchev–Trinajstić information content (AvgIpc) is 3.30. The third-order valence-electron chi connectivity index (χ3n) is 12.7. The van der Waals surface area contributed by atoms with Gasteiger partial charge in [-0.2, -0.15) is 0 Å². The molecule has 6 heteroatoms. The van der Waals surface area contributed by atoms with E-state index in [9.17, 15) is 19.8 Å². The van der Waals surface area contributed by atoms with E-state index in [-0.39, 0.29) is 24.9 Å². The number of aliphatic hydroxyl groups is 2. The first-order chi connectivity index (χ1) is 32.0. The first-order valence-electron chi connectivity index (χ1n) is 28.1. The van der Waals surface area contributed by atoms with Gasteiger partial charge in [0.25, 0.3) is 0 Å². The Balaban J connectivity index is 4.65. The highest BCUT2D eigenvalue weighted by Crippen LogP contribution is 2.18. The molecule has 0 aromatic rings. The summed E-state index contributed by atoms with van der Waals surface area (Å²) >= 11 is 0. The summed E-state index contributed by atoms with van der Waals surface area (Å²) in [6.07, 6.45) is 65.7. The Morgan fingerprint density at radius 3 is 1.28 bits per heavy atom. The van der Waals surface area contributed by atoms with Crippen LogP contribution in [0.5, 0.6) is 0 Å². The lowest BCUT2D eigenvalue weighted by Gasteiger charge is -2.24. The second-order valence-electron chi connectivity index (χ2n) is 19.1. The molecule has 6 nitrogen and oxygen atoms in total. The largest absolute Gasteiger partial charge is 0.462 e. The molecule has 0 aliphatic rings. The molecule has 0 aliphatic heterocycles. The molecule has 0 spiro atoms. The molecule has 0 bridgehead atoms. The maximum absolute atomic E-state index is 13.2. The SMILES string of the molecule is CCCCC/C=C/C=C/C=C/C=C/CCCCCC(CC(=O)NC(CO)C(O)CCCCCCCCCCCCCC)OC(=O)CCCCCCC/C=C/CCCCCCCCCCC. The fourth-order valence-corrected chi connectivity index (χ4v) is 8.38. The summed E-state index contributed by atoms with van der Waals surface area (Å²) in [5.74, 6) is -0.516. The number of rotatable bonds is 50. The molecule has 3 atom stereocenters. The van der Waals surface area contributed by atoms with Gasteiger partial charge in [-0.05, 0) is 77.0 Å². The van der Waals surface area contributed by atoms with Crippen LogP contribution >= 0.6 is 0 Å². The van der Waals surface area contributed by atoms with Gasteiger partial charge in [0.1, 0.15) is 6.10 Å². The molecule has 0 radical (unpaired) electrons. The number of unbranched alkanes of at least 4 members (excludes halogenated alkanes) is 31. The number of aliphatic hydroxyl groups excluding tert-OH is 2. The fourth-order valence-electron chi connectivity index (χ4n) is 8.38. The van der Waals surface area contributed by atoms with Crippen molar-refractivity contribution in [1.82, 2.24) is 5.32 Å². The van der Waals surface area contributed by atoms with Crippen molar-refractivity contribution in [2.45, 2.75) is 296 Å². The molecule has 0 rings (SSSR count). The summed E-state index contributed by atoms with van der Waals surface area (Å²) in [7, 11) is 0. The van der Waals surface area contributed by atoms with Crippen molar-refractivity contribution in [2.75, 3.05) is 6.61 Å². The summed E-state index contributed by atoms with van der Waals surface area (Å²) in [5.41, 5.74) is 0. The minimum Gasteiger partial charge on any atom is -0.462 e. The van der Waals surface area contributed by atoms with Crippen LogP contribution in [-0.4, -0.2) is 46.9 Å². The molecular formula is C59H107NO5. The Kier molecular flexibility index (Phi) is 50.6. The Morgan fingerprint density at radius 2 is 0.800 bits per heavy atom. The van der Waals surface area contributed by atoms with Gasteiger partial charge in [-0.15, -0.1) is 0 Å². The number of allylic oxidation sites excluding steroid dienone is 10. The van der Waals surface area contributed by atoms with Crippen molar-refractivity contribution in [2.24, 2.45) is 0 Å². The van der Waals surface area contributed by atoms with Gasteiger partial charge in [-0.25, -0.2) is 0 Å². The number of carbonyl (C=O) groups is 2. The molecule has 0 aromatic carbocycles. The van der Waals surface area contributed by atoms with E-state index in [1.54, 1.807) is 0 Å². The lowest BCUT2D eigenvalue weighted by Crippen LogP contribution is -2.46. The monoisotopic (exact) mass is 910 g/mol. The van der Waals surface area contributed by atoms with Crippen LogP contribution in [0, 0.1) is 0 Å². The van der Waals surface area contributed by atoms with Crippen LogP contribution in [0.4, 0.5) is 0 Å². The van der Waals surface area contributed by atoms with Crippen LogP contribution in [-0.2, 0) is 14.3 Å². The molecule has 0 saturated heterocycles. The summed E-state index contributed by atoms with van der Waals surface area (Å²) in [6, 6.07) is -0.717. The second-order valence-corrected chi connectivity index (χ2v) is 19.1. The zero-order chi connectivity index (χ0) is 47.4. The molecular weight excluding hydrogens is 803 g/mol. The minimum atomic E-state index is -0.801. The van der Waals surface area contributed by atoms with E-state index < -0.39 is 18.2 Å². The molecule has 3 N–H and O–H groups in total. The first kappa shape index (κ1) is 62.6. The van der Waals surface area contributed by atoms with Crippen molar-refractivity contribution < 1.29 is 24.5 Å². The van der Waals surface area contributed by atoms with Crippen molar-refractivity contribution in [3.8, 4) is 0 Å². The first-order valence-corrected chi connectivity index (χ1v) is 28.1. The lowest BCUT2D eigenvalue weighted by molar-refractivity contribution is -0.151. The quantitative estimate of drug-likeness (QED) is 0.0245. The van der Waals surface area contributed by atoms with E-state index in [0.717, 1.165) is 77.0 Å². The van der Waals surface area contributed by atoms with Crippen LogP contribution < -0.4 is 5.32 Å². The highest BCUT2D eigenvalue weighted by atomic mass is 16.5. The summed E-state index contributed by atoms with van der Waals surface area (Å²) < 4.78 is 5.93. The van der Waals surface area contributed by atoms with Crippen LogP contribution in [0.2, 0.25) is 0 Å². The molecule has 0 fully saturated rings. The van der Waals surface area contributed by atoms with E-state index >= 15 is 0 Å². The van der Waals surface area contributed by atoms with E-state index in [2.05, 4.69) is 86.8 Å². The van der Waals surface area contributed by atoms with Gasteiger partial charge in [0.2, 0.25) is 5.91 Å². The molecule has 0 heterocycles. The molecule has 0 saturated carbocycles. The number of ether oxygens (including phenoxy) is 1. The number of hydrogen-bond donors (Lipinski definition) is 3. The Morgan fingerprint density at radius 1 is 0.446 bits per heavy atom. The van der Waals surface area contributed by atoms with Crippen LogP contribution in [0.1, 0.15) is 278 Å². The number of esters is 1. The van der Waals surface area contributed by atoms with Gasteiger partial charge in [0.15, 0.2) is 0 Å². The molecule has 65 heavy (non-hydrogen) atoms. The Hall–Kier alpha value is -2.44. The van der Waals surface area contributed by atoms with Gasteiger partial charge in [-0.1, -0.05) is 248 Å². The van der Waals surface area contributed by atoms with Gasteiger partial charge < -0.3 is 20.3 Å². The fraction of sp³-hybridized carbons (Fsp3) is 0.797. The second kappa shape index (κ2) is 52.5. The maximum atomic E-state index is 13.2. The van der Waals surface area contributed by atoms with E-state index in [1.807, 2.05) is 0 Å². The smallest absolute Gasteiger partial charge is 0.306 e. The number of amides is 1. The zero-order valence-electron chi connectivity index (χ0n) is 43.1. The van der Waals surface area contributed by atoms with Crippen LogP contribution in [0.3, 0.4) is 0 Å². The normalized spacial score (nSPS) is 13.6. The van der Waals surface area contributed by atoms with Crippen molar-refractivity contribution in [3.05, 3.63) is 60.8 Å². The molecule has 0 aliphatic carbocycles. The third-order valence-corrected chi connectivity index (χ3v) is 12.7. The Bertz CT molecular complexity index is 1160. The number of hydrogen-bond acceptors (Lipinski definition) is 5. The van der Waals surface area contributed by atoms with Crippen LogP contribution in [0.15, 0.2) is 60.8 Å². The molecule has 3 unspecified atom stereocenters. The van der Waals surface area contributed by atoms with Crippen molar-refractivity contribution in [3.63, 3.8) is 0 Å². The number of nitrogens with one attached hydrogen (secondary N) is 1. The summed E-state index contributed by atoms with van der Waals surface area (Å²) in [5, 5.41) is 23.8. The van der Waals surface area contributed by atoms with Crippen molar-refractivity contribution >= 4 is 11.9 Å². The highest BCUT2D eigenvalue weighted by molar-refractivity contribution is 5.77. The van der Waals surface area contributed by atoms with E-state index in [1.165, 1.54) is 154 Å².